The fourth-order valence-corrected chi connectivity index (χ4v) is 3.35. The van der Waals surface area contributed by atoms with Crippen LogP contribution in [-0.4, -0.2) is 12.1 Å². The number of nitrogens with zero attached hydrogens (tertiary/aromatic N) is 1. The number of benzene rings is 2. The average Bonchev–Trinajstić information content (AvgIpc) is 2.69. The smallest absolute Gasteiger partial charge is 0.243 e. The summed E-state index contributed by atoms with van der Waals surface area (Å²) in [5, 5.41) is 4.13. The second-order valence-electron chi connectivity index (χ2n) is 6.52. The number of rotatable bonds is 6. The van der Waals surface area contributed by atoms with Crippen molar-refractivity contribution in [1.82, 2.24) is 5.43 Å². The second-order valence-corrected chi connectivity index (χ2v) is 7.44. The third-order valence-electron chi connectivity index (χ3n) is 4.58. The summed E-state index contributed by atoms with van der Waals surface area (Å²) in [4.78, 5) is 12.2. The minimum Gasteiger partial charge on any atom is -0.488 e. The molecule has 0 saturated heterocycles. The molecule has 2 aromatic rings. The molecule has 1 aliphatic rings. The van der Waals surface area contributed by atoms with Gasteiger partial charge in [0.15, 0.2) is 0 Å². The highest BCUT2D eigenvalue weighted by molar-refractivity contribution is 9.10. The number of hydrogen-bond acceptors (Lipinski definition) is 3. The first kappa shape index (κ1) is 18.6. The lowest BCUT2D eigenvalue weighted by Crippen LogP contribution is -2.28. The van der Waals surface area contributed by atoms with Gasteiger partial charge in [-0.2, -0.15) is 5.10 Å². The molecule has 0 aromatic heterocycles. The Bertz CT molecular complexity index is 753. The molecule has 3 rings (SSSR count). The van der Waals surface area contributed by atoms with Crippen molar-refractivity contribution in [2.24, 2.45) is 11.0 Å². The molecule has 1 fully saturated rings. The van der Waals surface area contributed by atoms with Gasteiger partial charge in [-0.1, -0.05) is 59.5 Å². The summed E-state index contributed by atoms with van der Waals surface area (Å²) in [6.07, 6.45) is 7.08. The lowest BCUT2D eigenvalue weighted by atomic mass is 9.89. The predicted molar refractivity (Wildman–Crippen MR) is 107 cm³/mol. The Kier molecular flexibility index (Phi) is 6.83. The van der Waals surface area contributed by atoms with Gasteiger partial charge in [-0.3, -0.25) is 4.79 Å². The molecule has 1 N–H and O–H groups in total. The van der Waals surface area contributed by atoms with Gasteiger partial charge in [-0.25, -0.2) is 5.43 Å². The van der Waals surface area contributed by atoms with E-state index < -0.39 is 0 Å². The molecule has 1 amide bonds. The minimum atomic E-state index is 0.0224. The highest BCUT2D eigenvalue weighted by Crippen LogP contribution is 2.23. The first-order valence-corrected chi connectivity index (χ1v) is 9.81. The SMILES string of the molecule is O=C(NN=Cc1ccccc1OCc1ccc(Br)cc1)C1CCCCC1. The molecule has 2 aromatic carbocycles. The molecule has 0 bridgehead atoms. The molecule has 0 heterocycles. The number of hydrogen-bond donors (Lipinski definition) is 1. The quantitative estimate of drug-likeness (QED) is 0.530. The summed E-state index contributed by atoms with van der Waals surface area (Å²) in [5.74, 6) is 0.866. The van der Waals surface area contributed by atoms with Crippen molar-refractivity contribution < 1.29 is 9.53 Å². The lowest BCUT2D eigenvalue weighted by Gasteiger charge is -2.19. The predicted octanol–water partition coefficient (Wildman–Crippen LogP) is 5.06. The van der Waals surface area contributed by atoms with Crippen molar-refractivity contribution in [1.29, 1.82) is 0 Å². The van der Waals surface area contributed by atoms with Gasteiger partial charge in [0.05, 0.1) is 6.21 Å². The number of hydrazone groups is 1. The van der Waals surface area contributed by atoms with Crippen LogP contribution in [0.4, 0.5) is 0 Å². The average molecular weight is 415 g/mol. The number of para-hydroxylation sites is 1. The van der Waals surface area contributed by atoms with Gasteiger partial charge >= 0.3 is 0 Å². The Morgan fingerprint density at radius 3 is 2.62 bits per heavy atom. The van der Waals surface area contributed by atoms with Gasteiger partial charge in [0.25, 0.3) is 0 Å². The van der Waals surface area contributed by atoms with Gasteiger partial charge in [-0.05, 0) is 42.7 Å². The van der Waals surface area contributed by atoms with E-state index in [1.165, 1.54) is 6.42 Å². The van der Waals surface area contributed by atoms with Gasteiger partial charge in [0, 0.05) is 16.0 Å². The van der Waals surface area contributed by atoms with Gasteiger partial charge in [0.1, 0.15) is 12.4 Å². The fourth-order valence-electron chi connectivity index (χ4n) is 3.08. The van der Waals surface area contributed by atoms with Crippen molar-refractivity contribution in [2.45, 2.75) is 38.7 Å². The summed E-state index contributed by atoms with van der Waals surface area (Å²) in [5.41, 5.74) is 4.61. The second kappa shape index (κ2) is 9.53. The topological polar surface area (TPSA) is 50.7 Å². The van der Waals surface area contributed by atoms with Crippen LogP contribution in [0.1, 0.15) is 43.2 Å². The van der Waals surface area contributed by atoms with Gasteiger partial charge in [-0.15, -0.1) is 0 Å². The molecule has 1 saturated carbocycles. The molecule has 0 radical (unpaired) electrons. The maximum Gasteiger partial charge on any atom is 0.243 e. The highest BCUT2D eigenvalue weighted by atomic mass is 79.9. The Balaban J connectivity index is 1.57. The molecule has 0 spiro atoms. The Labute approximate surface area is 162 Å². The van der Waals surface area contributed by atoms with Crippen LogP contribution in [0.2, 0.25) is 0 Å². The van der Waals surface area contributed by atoms with Crippen LogP contribution in [0.15, 0.2) is 58.1 Å². The summed E-state index contributed by atoms with van der Waals surface area (Å²) in [7, 11) is 0. The molecule has 26 heavy (non-hydrogen) atoms. The normalized spacial score (nSPS) is 15.1. The van der Waals surface area contributed by atoms with Crippen molar-refractivity contribution in [3.8, 4) is 5.75 Å². The van der Waals surface area contributed by atoms with Crippen LogP contribution < -0.4 is 10.2 Å². The number of amides is 1. The summed E-state index contributed by atoms with van der Waals surface area (Å²) in [6.45, 7) is 0.479. The zero-order valence-electron chi connectivity index (χ0n) is 14.7. The maximum absolute atomic E-state index is 12.2. The van der Waals surface area contributed by atoms with Crippen LogP contribution in [0.25, 0.3) is 0 Å². The van der Waals surface area contributed by atoms with Gasteiger partial charge < -0.3 is 4.74 Å². The van der Waals surface area contributed by atoms with Crippen molar-refractivity contribution in [3.63, 3.8) is 0 Å². The van der Waals surface area contributed by atoms with E-state index in [4.69, 9.17) is 4.74 Å². The van der Waals surface area contributed by atoms with E-state index in [0.717, 1.165) is 47.0 Å². The Hall–Kier alpha value is -2.14. The first-order chi connectivity index (χ1) is 12.7. The standard InChI is InChI=1S/C21H23BrN2O2/c22-19-12-10-16(11-13-19)15-26-20-9-5-4-8-18(20)14-23-24-21(25)17-6-2-1-3-7-17/h4-5,8-14,17H,1-3,6-7,15H2,(H,24,25). The Morgan fingerprint density at radius 1 is 1.12 bits per heavy atom. The third kappa shape index (κ3) is 5.43. The molecular formula is C21H23BrN2O2. The first-order valence-electron chi connectivity index (χ1n) is 9.01. The molecule has 5 heteroatoms. The van der Waals surface area contributed by atoms with Crippen LogP contribution in [-0.2, 0) is 11.4 Å². The van der Waals surface area contributed by atoms with Gasteiger partial charge in [0.2, 0.25) is 5.91 Å². The molecule has 0 atom stereocenters. The number of nitrogens with one attached hydrogen (secondary N) is 1. The fraction of sp³-hybridized carbons (Fsp3) is 0.333. The molecule has 136 valence electrons. The minimum absolute atomic E-state index is 0.0224. The number of ether oxygens (including phenoxy) is 1. The van der Waals surface area contributed by atoms with E-state index in [1.807, 2.05) is 48.5 Å². The van der Waals surface area contributed by atoms with Crippen LogP contribution in [0, 0.1) is 5.92 Å². The number of carbonyl (C=O) groups excluding carboxylic acids is 1. The number of halogens is 1. The lowest BCUT2D eigenvalue weighted by molar-refractivity contribution is -0.125. The van der Waals surface area contributed by atoms with E-state index in [9.17, 15) is 4.79 Å². The van der Waals surface area contributed by atoms with E-state index in [2.05, 4.69) is 26.5 Å². The Morgan fingerprint density at radius 2 is 1.85 bits per heavy atom. The number of carbonyl (C=O) groups is 1. The van der Waals surface area contributed by atoms with Crippen molar-refractivity contribution in [3.05, 3.63) is 64.1 Å². The van der Waals surface area contributed by atoms with E-state index in [0.29, 0.717) is 6.61 Å². The van der Waals surface area contributed by atoms with E-state index in [-0.39, 0.29) is 11.8 Å². The molecule has 4 nitrogen and oxygen atoms in total. The monoisotopic (exact) mass is 414 g/mol. The molecule has 1 aliphatic carbocycles. The highest BCUT2D eigenvalue weighted by Gasteiger charge is 2.20. The molecule has 0 aliphatic heterocycles. The summed E-state index contributed by atoms with van der Waals surface area (Å²) < 4.78 is 6.96. The molecular weight excluding hydrogens is 392 g/mol. The van der Waals surface area contributed by atoms with E-state index >= 15 is 0 Å². The van der Waals surface area contributed by atoms with Crippen molar-refractivity contribution >= 4 is 28.1 Å². The summed E-state index contributed by atoms with van der Waals surface area (Å²) in [6, 6.07) is 15.7. The van der Waals surface area contributed by atoms with E-state index in [1.54, 1.807) is 6.21 Å². The largest absolute Gasteiger partial charge is 0.488 e. The van der Waals surface area contributed by atoms with Crippen molar-refractivity contribution in [2.75, 3.05) is 0 Å². The molecule has 0 unspecified atom stereocenters. The van der Waals surface area contributed by atoms with Crippen LogP contribution in [0.5, 0.6) is 5.75 Å². The summed E-state index contributed by atoms with van der Waals surface area (Å²) >= 11 is 3.43. The van der Waals surface area contributed by atoms with Crippen LogP contribution in [0.3, 0.4) is 0 Å². The zero-order valence-corrected chi connectivity index (χ0v) is 16.2. The maximum atomic E-state index is 12.2. The third-order valence-corrected chi connectivity index (χ3v) is 5.11. The van der Waals surface area contributed by atoms with Crippen LogP contribution >= 0.6 is 15.9 Å². The zero-order chi connectivity index (χ0) is 18.2.